The first-order valence-corrected chi connectivity index (χ1v) is 15.4. The van der Waals surface area contributed by atoms with E-state index in [-0.39, 0.29) is 11.6 Å². The van der Waals surface area contributed by atoms with Crippen molar-refractivity contribution in [2.45, 2.75) is 17.1 Å². The van der Waals surface area contributed by atoms with Gasteiger partial charge in [0.15, 0.2) is 0 Å². The first-order valence-electron chi connectivity index (χ1n) is 14.5. The monoisotopic (exact) mass is 631 g/mol. The van der Waals surface area contributed by atoms with Gasteiger partial charge in [-0.05, 0) is 71.8 Å². The second kappa shape index (κ2) is 15.0. The molecule has 0 aliphatic rings. The number of ether oxygens (including phenoxy) is 2. The quantitative estimate of drug-likeness (QED) is 0.104. The zero-order chi connectivity index (χ0) is 32.5. The van der Waals surface area contributed by atoms with Crippen molar-refractivity contribution in [1.29, 1.82) is 0 Å². The summed E-state index contributed by atoms with van der Waals surface area (Å²) >= 11 is 1.34. The van der Waals surface area contributed by atoms with Crippen LogP contribution in [0.1, 0.15) is 22.8 Å². The molecule has 1 atom stereocenters. The van der Waals surface area contributed by atoms with Crippen molar-refractivity contribution in [3.63, 3.8) is 0 Å². The number of benzene rings is 5. The molecule has 3 N–H and O–H groups in total. The Morgan fingerprint density at radius 3 is 2.28 bits per heavy atom. The van der Waals surface area contributed by atoms with E-state index < -0.39 is 17.1 Å². The van der Waals surface area contributed by atoms with Crippen LogP contribution in [-0.4, -0.2) is 37.2 Å². The van der Waals surface area contributed by atoms with Crippen molar-refractivity contribution in [1.82, 2.24) is 5.32 Å². The van der Waals surface area contributed by atoms with Crippen LogP contribution >= 0.6 is 11.8 Å². The van der Waals surface area contributed by atoms with Crippen LogP contribution in [0.3, 0.4) is 0 Å². The van der Waals surface area contributed by atoms with Gasteiger partial charge in [0, 0.05) is 22.2 Å². The summed E-state index contributed by atoms with van der Waals surface area (Å²) in [5.41, 5.74) is 2.31. The summed E-state index contributed by atoms with van der Waals surface area (Å²) in [5, 5.41) is 10.1. The average molecular weight is 632 g/mol. The van der Waals surface area contributed by atoms with Gasteiger partial charge in [0.05, 0.1) is 25.2 Å². The van der Waals surface area contributed by atoms with Crippen LogP contribution in [0.25, 0.3) is 16.8 Å². The third kappa shape index (κ3) is 7.94. The molecule has 0 aliphatic heterocycles. The highest BCUT2D eigenvalue weighted by molar-refractivity contribution is 8.00. The second-order valence-electron chi connectivity index (χ2n) is 10.2. The van der Waals surface area contributed by atoms with Gasteiger partial charge in [-0.2, -0.15) is 0 Å². The number of nitrogens with one attached hydrogen (secondary N) is 3. The van der Waals surface area contributed by atoms with Gasteiger partial charge in [-0.25, -0.2) is 0 Å². The van der Waals surface area contributed by atoms with Crippen molar-refractivity contribution in [2.75, 3.05) is 24.9 Å². The molecule has 0 fully saturated rings. The minimum Gasteiger partial charge on any atom is -0.497 e. The van der Waals surface area contributed by atoms with Gasteiger partial charge in [-0.1, -0.05) is 66.7 Å². The van der Waals surface area contributed by atoms with Crippen LogP contribution < -0.4 is 25.4 Å². The topological polar surface area (TPSA) is 106 Å². The lowest BCUT2D eigenvalue weighted by Crippen LogP contribution is -2.30. The van der Waals surface area contributed by atoms with Crippen LogP contribution in [0.15, 0.2) is 126 Å². The van der Waals surface area contributed by atoms with Gasteiger partial charge >= 0.3 is 0 Å². The van der Waals surface area contributed by atoms with Crippen molar-refractivity contribution >= 4 is 57.7 Å². The number of fused-ring (bicyclic) bond motifs is 1. The number of hydrogen-bond donors (Lipinski definition) is 3. The van der Waals surface area contributed by atoms with E-state index in [0.29, 0.717) is 28.4 Å². The Hall–Kier alpha value is -5.54. The molecule has 9 heteroatoms. The third-order valence-corrected chi connectivity index (χ3v) is 8.18. The molecule has 0 radical (unpaired) electrons. The van der Waals surface area contributed by atoms with E-state index in [9.17, 15) is 14.4 Å². The first kappa shape index (κ1) is 31.9. The largest absolute Gasteiger partial charge is 0.497 e. The molecule has 0 saturated carbocycles. The molecule has 3 amide bonds. The Balaban J connectivity index is 1.34. The molecule has 232 valence electrons. The molecule has 0 heterocycles. The van der Waals surface area contributed by atoms with E-state index in [0.717, 1.165) is 21.2 Å². The standard InChI is InChI=1S/C37H33N3O5S/c1-24(35(41)39-32-23-29(44-2)19-20-34(32)45-3)46-30-17-10-16-28(22-30)38-37(43)33(40-36(42)26-12-5-4-6-13-26)21-27-15-9-14-25-11-7-8-18-31(25)27/h4-24H,1-3H3,(H,38,43)(H,39,41)(H,40,42)/b33-21+. The number of hydrogen-bond acceptors (Lipinski definition) is 6. The van der Waals surface area contributed by atoms with Crippen LogP contribution in [0.2, 0.25) is 0 Å². The van der Waals surface area contributed by atoms with Gasteiger partial charge in [0.2, 0.25) is 5.91 Å². The molecule has 5 rings (SSSR count). The van der Waals surface area contributed by atoms with E-state index in [1.807, 2.05) is 54.6 Å². The summed E-state index contributed by atoms with van der Waals surface area (Å²) in [7, 11) is 3.09. The molecule has 0 bridgehead atoms. The van der Waals surface area contributed by atoms with Gasteiger partial charge in [-0.15, -0.1) is 11.8 Å². The maximum Gasteiger partial charge on any atom is 0.272 e. The van der Waals surface area contributed by atoms with Crippen molar-refractivity contribution in [3.8, 4) is 11.5 Å². The van der Waals surface area contributed by atoms with Gasteiger partial charge in [-0.3, -0.25) is 14.4 Å². The Morgan fingerprint density at radius 1 is 0.761 bits per heavy atom. The Kier molecular flexibility index (Phi) is 10.4. The van der Waals surface area contributed by atoms with Gasteiger partial charge < -0.3 is 25.4 Å². The zero-order valence-corrected chi connectivity index (χ0v) is 26.4. The van der Waals surface area contributed by atoms with Crippen LogP contribution in [-0.2, 0) is 9.59 Å². The van der Waals surface area contributed by atoms with Crippen molar-refractivity contribution < 1.29 is 23.9 Å². The van der Waals surface area contributed by atoms with Crippen LogP contribution in [0.5, 0.6) is 11.5 Å². The predicted molar refractivity (Wildman–Crippen MR) is 184 cm³/mol. The average Bonchev–Trinajstić information content (AvgIpc) is 3.08. The van der Waals surface area contributed by atoms with Crippen LogP contribution in [0.4, 0.5) is 11.4 Å². The molecule has 0 spiro atoms. The lowest BCUT2D eigenvalue weighted by atomic mass is 10.0. The van der Waals surface area contributed by atoms with E-state index in [1.54, 1.807) is 80.8 Å². The Bertz CT molecular complexity index is 1900. The third-order valence-electron chi connectivity index (χ3n) is 7.09. The van der Waals surface area contributed by atoms with E-state index in [2.05, 4.69) is 16.0 Å². The molecule has 5 aromatic carbocycles. The summed E-state index contributed by atoms with van der Waals surface area (Å²) < 4.78 is 10.7. The molecular weight excluding hydrogens is 598 g/mol. The number of rotatable bonds is 11. The summed E-state index contributed by atoms with van der Waals surface area (Å²) in [6, 6.07) is 34.7. The molecule has 0 aliphatic carbocycles. The predicted octanol–water partition coefficient (Wildman–Crippen LogP) is 7.39. The minimum atomic E-state index is -0.490. The summed E-state index contributed by atoms with van der Waals surface area (Å²) in [5.74, 6) is -0.0132. The lowest BCUT2D eigenvalue weighted by Gasteiger charge is -2.16. The lowest BCUT2D eigenvalue weighted by molar-refractivity contribution is -0.115. The van der Waals surface area contributed by atoms with Gasteiger partial charge in [0.25, 0.3) is 11.8 Å². The van der Waals surface area contributed by atoms with Crippen molar-refractivity contribution in [3.05, 3.63) is 132 Å². The maximum atomic E-state index is 13.7. The van der Waals surface area contributed by atoms with E-state index >= 15 is 0 Å². The fourth-order valence-corrected chi connectivity index (χ4v) is 5.65. The van der Waals surface area contributed by atoms with E-state index in [4.69, 9.17) is 9.47 Å². The number of amides is 3. The van der Waals surface area contributed by atoms with Gasteiger partial charge in [0.1, 0.15) is 17.2 Å². The highest BCUT2D eigenvalue weighted by Crippen LogP contribution is 2.31. The number of thioether (sulfide) groups is 1. The molecule has 0 saturated heterocycles. The zero-order valence-electron chi connectivity index (χ0n) is 25.6. The molecular formula is C37H33N3O5S. The molecule has 46 heavy (non-hydrogen) atoms. The maximum absolute atomic E-state index is 13.7. The fraction of sp³-hybridized carbons (Fsp3) is 0.108. The minimum absolute atomic E-state index is 0.0863. The molecule has 5 aromatic rings. The highest BCUT2D eigenvalue weighted by atomic mass is 32.2. The highest BCUT2D eigenvalue weighted by Gasteiger charge is 2.19. The Morgan fingerprint density at radius 2 is 1.50 bits per heavy atom. The fourth-order valence-electron chi connectivity index (χ4n) is 4.72. The molecule has 8 nitrogen and oxygen atoms in total. The first-order chi connectivity index (χ1) is 22.3. The van der Waals surface area contributed by atoms with Crippen LogP contribution in [0, 0.1) is 0 Å². The number of carbonyl (C=O) groups excluding carboxylic acids is 3. The number of carbonyl (C=O) groups is 3. The Labute approximate surface area is 271 Å². The smallest absolute Gasteiger partial charge is 0.272 e. The SMILES string of the molecule is COc1ccc(OC)c(NC(=O)C(C)Sc2cccc(NC(=O)/C(=C\c3cccc4ccccc34)NC(=O)c3ccccc3)c2)c1. The van der Waals surface area contributed by atoms with E-state index in [1.165, 1.54) is 18.9 Å². The normalized spacial score (nSPS) is 11.8. The molecule has 0 aromatic heterocycles. The number of anilines is 2. The van der Waals surface area contributed by atoms with Crippen molar-refractivity contribution in [2.24, 2.45) is 0 Å². The summed E-state index contributed by atoms with van der Waals surface area (Å²) in [6.45, 7) is 1.79. The number of methoxy groups -OCH3 is 2. The second-order valence-corrected chi connectivity index (χ2v) is 11.7. The summed E-state index contributed by atoms with van der Waals surface area (Å²) in [4.78, 5) is 40.7. The molecule has 1 unspecified atom stereocenters. The summed E-state index contributed by atoms with van der Waals surface area (Å²) in [6.07, 6.45) is 1.68.